The molecule has 21 heavy (non-hydrogen) atoms. The zero-order valence-corrected chi connectivity index (χ0v) is 13.1. The molecule has 0 fully saturated rings. The molecule has 2 aromatic rings. The van der Waals surface area contributed by atoms with Crippen molar-refractivity contribution in [2.75, 3.05) is 7.11 Å². The molecule has 3 heteroatoms. The van der Waals surface area contributed by atoms with Gasteiger partial charge in [-0.3, -0.25) is 0 Å². The van der Waals surface area contributed by atoms with Crippen LogP contribution in [0.2, 0.25) is 0 Å². The summed E-state index contributed by atoms with van der Waals surface area (Å²) in [6, 6.07) is 13.8. The van der Waals surface area contributed by atoms with E-state index in [1.54, 1.807) is 7.11 Å². The maximum absolute atomic E-state index is 6.34. The van der Waals surface area contributed by atoms with Gasteiger partial charge in [0.05, 0.1) is 19.3 Å². The summed E-state index contributed by atoms with van der Waals surface area (Å²) in [6.45, 7) is 6.04. The summed E-state index contributed by atoms with van der Waals surface area (Å²) >= 11 is 0. The van der Waals surface area contributed by atoms with Gasteiger partial charge in [-0.1, -0.05) is 24.3 Å². The minimum atomic E-state index is -0.174. The third-order valence-electron chi connectivity index (χ3n) is 3.40. The molecule has 0 aliphatic rings. The van der Waals surface area contributed by atoms with Crippen LogP contribution in [0, 0.1) is 6.92 Å². The third kappa shape index (κ3) is 3.76. The molecular weight excluding hydrogens is 262 g/mol. The maximum Gasteiger partial charge on any atom is 0.122 e. The van der Waals surface area contributed by atoms with Gasteiger partial charge in [-0.05, 0) is 55.7 Å². The quantitative estimate of drug-likeness (QED) is 0.907. The Bertz CT molecular complexity index is 591. The Labute approximate surface area is 126 Å². The zero-order chi connectivity index (χ0) is 15.4. The molecule has 3 nitrogen and oxygen atoms in total. The second-order valence-electron chi connectivity index (χ2n) is 5.44. The molecule has 1 atom stereocenters. The summed E-state index contributed by atoms with van der Waals surface area (Å²) < 4.78 is 11.0. The minimum Gasteiger partial charge on any atom is -0.496 e. The number of hydrogen-bond acceptors (Lipinski definition) is 3. The van der Waals surface area contributed by atoms with Gasteiger partial charge in [-0.2, -0.15) is 0 Å². The summed E-state index contributed by atoms with van der Waals surface area (Å²) in [4.78, 5) is 0. The van der Waals surface area contributed by atoms with Crippen molar-refractivity contribution < 1.29 is 9.47 Å². The Hall–Kier alpha value is -2.00. The zero-order valence-electron chi connectivity index (χ0n) is 13.1. The van der Waals surface area contributed by atoms with Crippen LogP contribution in [0.15, 0.2) is 42.5 Å². The highest BCUT2D eigenvalue weighted by Crippen LogP contribution is 2.27. The molecule has 0 radical (unpaired) electrons. The van der Waals surface area contributed by atoms with E-state index in [0.29, 0.717) is 0 Å². The highest BCUT2D eigenvalue weighted by atomic mass is 16.5. The number of ether oxygens (including phenoxy) is 2. The molecule has 0 amide bonds. The molecule has 0 spiro atoms. The molecule has 0 saturated carbocycles. The van der Waals surface area contributed by atoms with Crippen molar-refractivity contribution in [3.63, 3.8) is 0 Å². The molecule has 0 aliphatic heterocycles. The molecule has 2 N–H and O–H groups in total. The normalized spacial score (nSPS) is 12.3. The Kier molecular flexibility index (Phi) is 4.86. The van der Waals surface area contributed by atoms with E-state index in [4.69, 9.17) is 15.2 Å². The van der Waals surface area contributed by atoms with Gasteiger partial charge in [-0.25, -0.2) is 0 Å². The van der Waals surface area contributed by atoms with E-state index in [9.17, 15) is 0 Å². The molecule has 0 aromatic heterocycles. The third-order valence-corrected chi connectivity index (χ3v) is 3.40. The molecule has 0 heterocycles. The van der Waals surface area contributed by atoms with Gasteiger partial charge in [-0.15, -0.1) is 0 Å². The Morgan fingerprint density at radius 1 is 0.952 bits per heavy atom. The number of aryl methyl sites for hydroxylation is 1. The van der Waals surface area contributed by atoms with Crippen LogP contribution in [0.4, 0.5) is 0 Å². The number of methoxy groups -OCH3 is 1. The molecule has 112 valence electrons. The highest BCUT2D eigenvalue weighted by Gasteiger charge is 2.11. The van der Waals surface area contributed by atoms with Crippen LogP contribution in [0.5, 0.6) is 11.5 Å². The van der Waals surface area contributed by atoms with Gasteiger partial charge in [0.1, 0.15) is 11.5 Å². The fraction of sp³-hybridized carbons (Fsp3) is 0.333. The summed E-state index contributed by atoms with van der Waals surface area (Å²) in [5.74, 6) is 1.73. The summed E-state index contributed by atoms with van der Waals surface area (Å²) in [5, 5.41) is 0. The predicted molar refractivity (Wildman–Crippen MR) is 86.0 cm³/mol. The van der Waals surface area contributed by atoms with Crippen molar-refractivity contribution in [1.82, 2.24) is 0 Å². The summed E-state index contributed by atoms with van der Waals surface area (Å²) in [6.07, 6.45) is 0.172. The molecular formula is C18H23NO2. The van der Waals surface area contributed by atoms with Crippen LogP contribution in [-0.2, 0) is 0 Å². The van der Waals surface area contributed by atoms with E-state index in [1.165, 1.54) is 0 Å². The first-order valence-corrected chi connectivity index (χ1v) is 7.18. The second kappa shape index (κ2) is 6.64. The molecule has 2 aromatic carbocycles. The Morgan fingerprint density at radius 3 is 2.14 bits per heavy atom. The standard InChI is InChI=1S/C18H23NO2/c1-12(2)21-16-9-7-14(8-10-16)18(19)15-6-5-13(3)17(11-15)20-4/h5-12,18H,19H2,1-4H3. The van der Waals surface area contributed by atoms with Gasteiger partial charge < -0.3 is 15.2 Å². The smallest absolute Gasteiger partial charge is 0.122 e. The largest absolute Gasteiger partial charge is 0.496 e. The summed E-state index contributed by atoms with van der Waals surface area (Å²) in [7, 11) is 1.68. The first-order chi connectivity index (χ1) is 10.0. The maximum atomic E-state index is 6.34. The first kappa shape index (κ1) is 15.4. The molecule has 0 bridgehead atoms. The number of hydrogen-bond donors (Lipinski definition) is 1. The van der Waals surface area contributed by atoms with Gasteiger partial charge >= 0.3 is 0 Å². The Morgan fingerprint density at radius 2 is 1.57 bits per heavy atom. The fourth-order valence-corrected chi connectivity index (χ4v) is 2.25. The van der Waals surface area contributed by atoms with E-state index in [-0.39, 0.29) is 12.1 Å². The fourth-order valence-electron chi connectivity index (χ4n) is 2.25. The van der Waals surface area contributed by atoms with Gasteiger partial charge in [0.2, 0.25) is 0 Å². The van der Waals surface area contributed by atoms with Gasteiger partial charge in [0.15, 0.2) is 0 Å². The van der Waals surface area contributed by atoms with E-state index in [1.807, 2.05) is 63.2 Å². The highest BCUT2D eigenvalue weighted by molar-refractivity contribution is 5.41. The van der Waals surface area contributed by atoms with Crippen molar-refractivity contribution in [2.24, 2.45) is 5.73 Å². The lowest BCUT2D eigenvalue weighted by molar-refractivity contribution is 0.242. The first-order valence-electron chi connectivity index (χ1n) is 7.18. The predicted octanol–water partition coefficient (Wildman–Crippen LogP) is 3.84. The van der Waals surface area contributed by atoms with Crippen LogP contribution in [0.1, 0.15) is 36.6 Å². The second-order valence-corrected chi connectivity index (χ2v) is 5.44. The van der Waals surface area contributed by atoms with Crippen molar-refractivity contribution >= 4 is 0 Å². The molecule has 0 saturated heterocycles. The lowest BCUT2D eigenvalue weighted by Gasteiger charge is -2.16. The van der Waals surface area contributed by atoms with Crippen LogP contribution < -0.4 is 15.2 Å². The molecule has 1 unspecified atom stereocenters. The average Bonchev–Trinajstić information content (AvgIpc) is 2.47. The van der Waals surface area contributed by atoms with E-state index < -0.39 is 0 Å². The molecule has 0 aliphatic carbocycles. The van der Waals surface area contributed by atoms with Gasteiger partial charge in [0, 0.05) is 0 Å². The number of nitrogens with two attached hydrogens (primary N) is 1. The van der Waals surface area contributed by atoms with E-state index in [0.717, 1.165) is 28.2 Å². The van der Waals surface area contributed by atoms with Crippen LogP contribution in [0.25, 0.3) is 0 Å². The van der Waals surface area contributed by atoms with Crippen molar-refractivity contribution in [2.45, 2.75) is 32.9 Å². The minimum absolute atomic E-state index is 0.172. The van der Waals surface area contributed by atoms with E-state index >= 15 is 0 Å². The Balaban J connectivity index is 2.21. The summed E-state index contributed by atoms with van der Waals surface area (Å²) in [5.41, 5.74) is 9.54. The van der Waals surface area contributed by atoms with Crippen LogP contribution in [0.3, 0.4) is 0 Å². The lowest BCUT2D eigenvalue weighted by Crippen LogP contribution is -2.12. The SMILES string of the molecule is COc1cc(C(N)c2ccc(OC(C)C)cc2)ccc1C. The number of benzene rings is 2. The number of rotatable bonds is 5. The van der Waals surface area contributed by atoms with E-state index in [2.05, 4.69) is 0 Å². The van der Waals surface area contributed by atoms with Crippen molar-refractivity contribution in [3.05, 3.63) is 59.2 Å². The van der Waals surface area contributed by atoms with Crippen molar-refractivity contribution in [1.29, 1.82) is 0 Å². The average molecular weight is 285 g/mol. The van der Waals surface area contributed by atoms with Crippen molar-refractivity contribution in [3.8, 4) is 11.5 Å². The topological polar surface area (TPSA) is 44.5 Å². The monoisotopic (exact) mass is 285 g/mol. The molecule has 2 rings (SSSR count). The van der Waals surface area contributed by atoms with Crippen LogP contribution in [-0.4, -0.2) is 13.2 Å². The van der Waals surface area contributed by atoms with Gasteiger partial charge in [0.25, 0.3) is 0 Å². The van der Waals surface area contributed by atoms with Crippen LogP contribution >= 0.6 is 0 Å². The lowest BCUT2D eigenvalue weighted by atomic mass is 9.98.